The number of benzene rings is 1. The Morgan fingerprint density at radius 3 is 2.59 bits per heavy atom. The summed E-state index contributed by atoms with van der Waals surface area (Å²) < 4.78 is 0. The van der Waals surface area contributed by atoms with E-state index in [0.29, 0.717) is 5.56 Å². The summed E-state index contributed by atoms with van der Waals surface area (Å²) in [5.74, 6) is 0.734. The number of rotatable bonds is 6. The molecule has 0 bridgehead atoms. The molecule has 150 valence electrons. The number of nitrogens with two attached hydrogens (primary N) is 2. The Hall–Kier alpha value is -2.69. The molecule has 0 atom stereocenters. The normalized spacial score (nSPS) is 18.3. The Morgan fingerprint density at radius 1 is 1.24 bits per heavy atom. The van der Waals surface area contributed by atoms with Gasteiger partial charge in [-0.25, -0.2) is 4.98 Å². The molecule has 0 radical (unpaired) electrons. The molecule has 2 heterocycles. The Balaban J connectivity index is 1.68. The fourth-order valence-electron chi connectivity index (χ4n) is 3.41. The summed E-state index contributed by atoms with van der Waals surface area (Å²) in [7, 11) is 0. The number of aliphatic imine (C=N–C) groups is 1. The summed E-state index contributed by atoms with van der Waals surface area (Å²) in [6.07, 6.45) is 8.00. The van der Waals surface area contributed by atoms with Crippen LogP contribution in [-0.4, -0.2) is 36.9 Å². The monoisotopic (exact) mass is 406 g/mol. The molecular formula is C22H26N6S. The first kappa shape index (κ1) is 19.6. The Bertz CT molecular complexity index is 941. The van der Waals surface area contributed by atoms with Gasteiger partial charge in [-0.15, -0.1) is 0 Å². The van der Waals surface area contributed by atoms with E-state index in [1.165, 1.54) is 12.8 Å². The summed E-state index contributed by atoms with van der Waals surface area (Å²) in [5.41, 5.74) is 15.4. The maximum atomic E-state index is 9.10. The molecule has 1 aliphatic heterocycles. The van der Waals surface area contributed by atoms with Gasteiger partial charge in [0, 0.05) is 49.2 Å². The highest BCUT2D eigenvalue weighted by molar-refractivity contribution is 7.17. The third-order valence-electron chi connectivity index (χ3n) is 5.45. The van der Waals surface area contributed by atoms with Crippen molar-refractivity contribution in [2.75, 3.05) is 24.5 Å². The van der Waals surface area contributed by atoms with Gasteiger partial charge in [0.2, 0.25) is 0 Å². The SMILES string of the molecule is N#Cc1ccc(-c2nc(N3CCC(N)CC3)sc2C(C=NCC2CC2)=CN)cc1. The van der Waals surface area contributed by atoms with Gasteiger partial charge in [0.25, 0.3) is 0 Å². The van der Waals surface area contributed by atoms with Crippen LogP contribution in [0.5, 0.6) is 0 Å². The molecule has 1 saturated heterocycles. The van der Waals surface area contributed by atoms with Crippen LogP contribution in [0.3, 0.4) is 0 Å². The molecule has 2 fully saturated rings. The van der Waals surface area contributed by atoms with Gasteiger partial charge in [0.1, 0.15) is 0 Å². The number of hydrogen-bond acceptors (Lipinski definition) is 7. The zero-order valence-electron chi connectivity index (χ0n) is 16.4. The zero-order chi connectivity index (χ0) is 20.2. The van der Waals surface area contributed by atoms with E-state index < -0.39 is 0 Å². The van der Waals surface area contributed by atoms with Crippen molar-refractivity contribution in [3.63, 3.8) is 0 Å². The highest BCUT2D eigenvalue weighted by atomic mass is 32.1. The van der Waals surface area contributed by atoms with Crippen molar-refractivity contribution < 1.29 is 0 Å². The van der Waals surface area contributed by atoms with Crippen molar-refractivity contribution in [2.45, 2.75) is 31.7 Å². The van der Waals surface area contributed by atoms with Crippen LogP contribution in [0.25, 0.3) is 16.8 Å². The summed E-state index contributed by atoms with van der Waals surface area (Å²) >= 11 is 1.65. The fourth-order valence-corrected chi connectivity index (χ4v) is 4.54. The molecule has 6 nitrogen and oxygen atoms in total. The smallest absolute Gasteiger partial charge is 0.186 e. The number of nitriles is 1. The molecule has 2 aromatic rings. The fraction of sp³-hybridized carbons (Fsp3) is 0.409. The molecular weight excluding hydrogens is 380 g/mol. The van der Waals surface area contributed by atoms with Crippen molar-refractivity contribution in [1.82, 2.24) is 4.98 Å². The van der Waals surface area contributed by atoms with Gasteiger partial charge in [0.15, 0.2) is 5.13 Å². The van der Waals surface area contributed by atoms with Crippen LogP contribution in [0.2, 0.25) is 0 Å². The standard InChI is InChI=1S/C22H26N6S/c23-11-15-3-5-17(6-4-15)20-21(18(12-24)14-26-13-16-1-2-16)29-22(27-20)28-9-7-19(25)8-10-28/h3-6,12,14,16,19H,1-2,7-10,13,24-25H2. The lowest BCUT2D eigenvalue weighted by Crippen LogP contribution is -2.39. The second-order valence-corrected chi connectivity index (χ2v) is 8.72. The maximum Gasteiger partial charge on any atom is 0.186 e. The summed E-state index contributed by atoms with van der Waals surface area (Å²) in [6.45, 7) is 2.69. The van der Waals surface area contributed by atoms with Crippen LogP contribution in [0.15, 0.2) is 35.5 Å². The van der Waals surface area contributed by atoms with E-state index >= 15 is 0 Å². The summed E-state index contributed by atoms with van der Waals surface area (Å²) in [4.78, 5) is 12.9. The van der Waals surface area contributed by atoms with Crippen LogP contribution < -0.4 is 16.4 Å². The Kier molecular flexibility index (Phi) is 5.93. The van der Waals surface area contributed by atoms with E-state index in [1.54, 1.807) is 17.5 Å². The van der Waals surface area contributed by atoms with E-state index in [4.69, 9.17) is 21.7 Å². The van der Waals surface area contributed by atoms with E-state index in [1.807, 2.05) is 30.5 Å². The molecule has 1 aromatic heterocycles. The number of nitrogens with zero attached hydrogens (tertiary/aromatic N) is 4. The third kappa shape index (κ3) is 4.66. The van der Waals surface area contributed by atoms with Crippen molar-refractivity contribution in [3.05, 3.63) is 40.9 Å². The van der Waals surface area contributed by atoms with Crippen molar-refractivity contribution in [2.24, 2.45) is 22.4 Å². The van der Waals surface area contributed by atoms with E-state index in [0.717, 1.165) is 65.2 Å². The molecule has 29 heavy (non-hydrogen) atoms. The number of aromatic nitrogens is 1. The Labute approximate surface area is 175 Å². The molecule has 4 N–H and O–H groups in total. The number of thiazole rings is 1. The lowest BCUT2D eigenvalue weighted by Gasteiger charge is -2.29. The first-order valence-electron chi connectivity index (χ1n) is 10.1. The maximum absolute atomic E-state index is 9.10. The van der Waals surface area contributed by atoms with Crippen LogP contribution in [0.4, 0.5) is 5.13 Å². The zero-order valence-corrected chi connectivity index (χ0v) is 17.2. The second kappa shape index (κ2) is 8.76. The van der Waals surface area contributed by atoms with E-state index in [-0.39, 0.29) is 6.04 Å². The molecule has 2 aliphatic rings. The van der Waals surface area contributed by atoms with Gasteiger partial charge in [-0.3, -0.25) is 4.99 Å². The molecule has 0 spiro atoms. The largest absolute Gasteiger partial charge is 0.404 e. The number of allylic oxidation sites excluding steroid dienone is 1. The lowest BCUT2D eigenvalue weighted by atomic mass is 10.1. The number of piperidine rings is 1. The molecule has 1 saturated carbocycles. The van der Waals surface area contributed by atoms with Gasteiger partial charge >= 0.3 is 0 Å². The van der Waals surface area contributed by atoms with Crippen molar-refractivity contribution >= 4 is 28.3 Å². The van der Waals surface area contributed by atoms with Gasteiger partial charge in [0.05, 0.1) is 22.2 Å². The topological polar surface area (TPSA) is 104 Å². The molecule has 1 aromatic carbocycles. The first-order chi connectivity index (χ1) is 14.2. The van der Waals surface area contributed by atoms with Crippen LogP contribution in [0, 0.1) is 17.2 Å². The highest BCUT2D eigenvalue weighted by Gasteiger charge is 2.23. The summed E-state index contributed by atoms with van der Waals surface area (Å²) in [6, 6.07) is 9.99. The predicted molar refractivity (Wildman–Crippen MR) is 120 cm³/mol. The van der Waals surface area contributed by atoms with E-state index in [2.05, 4.69) is 16.0 Å². The predicted octanol–water partition coefficient (Wildman–Crippen LogP) is 3.39. The van der Waals surface area contributed by atoms with Gasteiger partial charge in [-0.05, 0) is 43.7 Å². The number of hydrogen-bond donors (Lipinski definition) is 2. The number of anilines is 1. The average molecular weight is 407 g/mol. The Morgan fingerprint density at radius 2 is 1.97 bits per heavy atom. The second-order valence-electron chi connectivity index (χ2n) is 7.75. The first-order valence-corrected chi connectivity index (χ1v) is 10.9. The van der Waals surface area contributed by atoms with Crippen molar-refractivity contribution in [1.29, 1.82) is 5.26 Å². The molecule has 1 aliphatic carbocycles. The molecule has 4 rings (SSSR count). The third-order valence-corrected chi connectivity index (χ3v) is 6.61. The van der Waals surface area contributed by atoms with Crippen LogP contribution in [0.1, 0.15) is 36.1 Å². The lowest BCUT2D eigenvalue weighted by molar-refractivity contribution is 0.501. The van der Waals surface area contributed by atoms with Gasteiger partial charge in [-0.2, -0.15) is 5.26 Å². The molecule has 7 heteroatoms. The molecule has 0 unspecified atom stereocenters. The van der Waals surface area contributed by atoms with Crippen molar-refractivity contribution in [3.8, 4) is 17.3 Å². The summed E-state index contributed by atoms with van der Waals surface area (Å²) in [5, 5.41) is 10.1. The van der Waals surface area contributed by atoms with Crippen LogP contribution >= 0.6 is 11.3 Å². The highest BCUT2D eigenvalue weighted by Crippen LogP contribution is 2.38. The van der Waals surface area contributed by atoms with Gasteiger partial charge in [-0.1, -0.05) is 23.5 Å². The molecule has 0 amide bonds. The van der Waals surface area contributed by atoms with Gasteiger partial charge < -0.3 is 16.4 Å². The average Bonchev–Trinajstić information content (AvgIpc) is 3.48. The van der Waals surface area contributed by atoms with Crippen LogP contribution in [-0.2, 0) is 0 Å². The van der Waals surface area contributed by atoms with E-state index in [9.17, 15) is 0 Å². The quantitative estimate of drug-likeness (QED) is 0.716. The minimum Gasteiger partial charge on any atom is -0.404 e. The minimum atomic E-state index is 0.276. The minimum absolute atomic E-state index is 0.276.